The minimum atomic E-state index is -0.998. The molecule has 2 heterocycles. The molecule has 27 heavy (non-hydrogen) atoms. The van der Waals surface area contributed by atoms with Gasteiger partial charge in [-0.15, -0.1) is 0 Å². The summed E-state index contributed by atoms with van der Waals surface area (Å²) in [6, 6.07) is 6.89. The lowest BCUT2D eigenvalue weighted by Crippen LogP contribution is -2.23. The molecule has 7 nitrogen and oxygen atoms in total. The Labute approximate surface area is 160 Å². The fourth-order valence-corrected chi connectivity index (χ4v) is 2.85. The average molecular weight is 391 g/mol. The summed E-state index contributed by atoms with van der Waals surface area (Å²) in [5, 5.41) is 9.36. The van der Waals surface area contributed by atoms with E-state index in [1.54, 1.807) is 12.3 Å². The number of hydrogen-bond donors (Lipinski definition) is 1. The number of carboxylic acids is 1. The van der Waals surface area contributed by atoms with Gasteiger partial charge in [0.25, 0.3) is 0 Å². The quantitative estimate of drug-likeness (QED) is 0.687. The molecule has 2 atom stereocenters. The van der Waals surface area contributed by atoms with Crippen LogP contribution in [0, 0.1) is 12.8 Å². The van der Waals surface area contributed by atoms with Gasteiger partial charge >= 0.3 is 11.7 Å². The molecular formula is C19H19ClN2O5. The van der Waals surface area contributed by atoms with Crippen molar-refractivity contribution in [1.82, 2.24) is 9.55 Å². The fraction of sp³-hybridized carbons (Fsp3) is 0.316. The number of aromatic nitrogens is 2. The summed E-state index contributed by atoms with van der Waals surface area (Å²) >= 11 is 6.32. The summed E-state index contributed by atoms with van der Waals surface area (Å²) in [6.07, 6.45) is 1.39. The van der Waals surface area contributed by atoms with Crippen molar-refractivity contribution in [3.63, 3.8) is 0 Å². The van der Waals surface area contributed by atoms with E-state index in [1.165, 1.54) is 17.6 Å². The van der Waals surface area contributed by atoms with Crippen LogP contribution >= 0.6 is 11.6 Å². The number of nitrogens with zero attached hydrogens (tertiary/aromatic N) is 2. The molecule has 0 fully saturated rings. The molecule has 3 aromatic rings. The van der Waals surface area contributed by atoms with Crippen LogP contribution in [0.1, 0.15) is 31.2 Å². The van der Waals surface area contributed by atoms with Crippen LogP contribution in [-0.2, 0) is 11.3 Å². The van der Waals surface area contributed by atoms with Gasteiger partial charge in [0.15, 0.2) is 5.58 Å². The highest BCUT2D eigenvalue weighted by atomic mass is 35.5. The van der Waals surface area contributed by atoms with Crippen molar-refractivity contribution in [3.8, 4) is 5.75 Å². The highest BCUT2D eigenvalue weighted by Gasteiger charge is 2.19. The Morgan fingerprint density at radius 2 is 2.11 bits per heavy atom. The zero-order chi connectivity index (χ0) is 19.7. The van der Waals surface area contributed by atoms with Crippen molar-refractivity contribution in [2.24, 2.45) is 5.92 Å². The van der Waals surface area contributed by atoms with Crippen LogP contribution in [0.15, 0.2) is 39.7 Å². The molecule has 0 aliphatic heterocycles. The lowest BCUT2D eigenvalue weighted by Gasteiger charge is -2.15. The average Bonchev–Trinajstić information content (AvgIpc) is 2.90. The molecule has 0 radical (unpaired) electrons. The molecule has 0 amide bonds. The smallest absolute Gasteiger partial charge is 0.419 e. The number of benzene rings is 1. The monoisotopic (exact) mass is 390 g/mol. The van der Waals surface area contributed by atoms with E-state index in [1.807, 2.05) is 26.0 Å². The molecule has 0 saturated carbocycles. The molecule has 2 aromatic heterocycles. The lowest BCUT2D eigenvalue weighted by atomic mass is 10.2. The van der Waals surface area contributed by atoms with Crippen LogP contribution in [-0.4, -0.2) is 20.6 Å². The summed E-state index contributed by atoms with van der Waals surface area (Å²) in [7, 11) is 0. The van der Waals surface area contributed by atoms with E-state index in [0.29, 0.717) is 16.3 Å². The number of oxazole rings is 1. The van der Waals surface area contributed by atoms with Crippen LogP contribution in [0.4, 0.5) is 0 Å². The Morgan fingerprint density at radius 1 is 1.37 bits per heavy atom. The Balaban J connectivity index is 1.92. The number of ether oxygens (including phenoxy) is 1. The number of carboxylic acid groups (broad SMARTS) is 1. The van der Waals surface area contributed by atoms with Crippen LogP contribution in [0.25, 0.3) is 11.1 Å². The number of fused-ring (bicyclic) bond motifs is 1. The van der Waals surface area contributed by atoms with Gasteiger partial charge in [-0.05, 0) is 31.5 Å². The molecule has 1 aromatic carbocycles. The Morgan fingerprint density at radius 3 is 2.74 bits per heavy atom. The number of aryl methyl sites for hydroxylation is 1. The topological polar surface area (TPSA) is 94.6 Å². The zero-order valence-corrected chi connectivity index (χ0v) is 15.9. The predicted octanol–water partition coefficient (Wildman–Crippen LogP) is 3.81. The Bertz CT molecular complexity index is 1040. The molecule has 142 valence electrons. The van der Waals surface area contributed by atoms with Gasteiger partial charge in [-0.3, -0.25) is 14.3 Å². The van der Waals surface area contributed by atoms with Crippen molar-refractivity contribution < 1.29 is 19.1 Å². The summed E-state index contributed by atoms with van der Waals surface area (Å²) in [5.74, 6) is -2.03. The van der Waals surface area contributed by atoms with Crippen LogP contribution in [0.3, 0.4) is 0 Å². The number of hydrogen-bond acceptors (Lipinski definition) is 5. The first kappa shape index (κ1) is 19.0. The maximum Gasteiger partial charge on any atom is 0.419 e. The SMILES string of the molecule is Cc1ccc(C(C)Oc2cc3oc(=O)n(C[C@@H](C)C(=O)O)c3cc2Cl)nc1. The highest BCUT2D eigenvalue weighted by molar-refractivity contribution is 6.32. The number of halogens is 1. The number of rotatable bonds is 6. The summed E-state index contributed by atoms with van der Waals surface area (Å²) < 4.78 is 12.4. The number of aliphatic carboxylic acids is 1. The highest BCUT2D eigenvalue weighted by Crippen LogP contribution is 2.33. The van der Waals surface area contributed by atoms with Gasteiger partial charge in [0.05, 0.1) is 22.2 Å². The minimum Gasteiger partial charge on any atom is -0.483 e. The normalized spacial score (nSPS) is 13.5. The van der Waals surface area contributed by atoms with Gasteiger partial charge in [-0.25, -0.2) is 4.79 Å². The predicted molar refractivity (Wildman–Crippen MR) is 100 cm³/mol. The van der Waals surface area contributed by atoms with Crippen molar-refractivity contribution >= 4 is 28.7 Å². The lowest BCUT2D eigenvalue weighted by molar-refractivity contribution is -0.141. The van der Waals surface area contributed by atoms with Gasteiger partial charge < -0.3 is 14.3 Å². The number of pyridine rings is 1. The molecule has 0 saturated heterocycles. The second-order valence-electron chi connectivity index (χ2n) is 6.49. The van der Waals surface area contributed by atoms with E-state index in [4.69, 9.17) is 25.9 Å². The fourth-order valence-electron chi connectivity index (χ4n) is 2.65. The van der Waals surface area contributed by atoms with E-state index in [9.17, 15) is 9.59 Å². The molecular weight excluding hydrogens is 372 g/mol. The summed E-state index contributed by atoms with van der Waals surface area (Å²) in [5.41, 5.74) is 2.49. The first-order valence-corrected chi connectivity index (χ1v) is 8.79. The zero-order valence-electron chi connectivity index (χ0n) is 15.1. The van der Waals surface area contributed by atoms with Crippen molar-refractivity contribution in [3.05, 3.63) is 57.3 Å². The van der Waals surface area contributed by atoms with E-state index in [0.717, 1.165) is 11.3 Å². The van der Waals surface area contributed by atoms with Gasteiger partial charge in [-0.2, -0.15) is 0 Å². The molecule has 3 rings (SSSR count). The molecule has 8 heteroatoms. The summed E-state index contributed by atoms with van der Waals surface area (Å²) in [4.78, 5) is 27.5. The summed E-state index contributed by atoms with van der Waals surface area (Å²) in [6.45, 7) is 5.30. The maximum atomic E-state index is 12.1. The van der Waals surface area contributed by atoms with E-state index in [2.05, 4.69) is 4.98 Å². The van der Waals surface area contributed by atoms with Crippen molar-refractivity contribution in [2.75, 3.05) is 0 Å². The molecule has 0 bridgehead atoms. The third-order valence-corrected chi connectivity index (χ3v) is 4.55. The van der Waals surface area contributed by atoms with Crippen molar-refractivity contribution in [2.45, 2.75) is 33.4 Å². The standard InChI is InChI=1S/C19H19ClN2O5/c1-10-4-5-14(21-8-10)12(3)26-16-7-17-15(6-13(16)20)22(19(25)27-17)9-11(2)18(23)24/h4-8,11-12H,9H2,1-3H3,(H,23,24)/t11-,12?/m1/s1. The third-order valence-electron chi connectivity index (χ3n) is 4.25. The minimum absolute atomic E-state index is 0.0125. The Kier molecular flexibility index (Phi) is 5.23. The molecule has 1 N–H and O–H groups in total. The molecule has 0 aliphatic rings. The first-order valence-electron chi connectivity index (χ1n) is 8.41. The van der Waals surface area contributed by atoms with Crippen LogP contribution in [0.5, 0.6) is 5.75 Å². The second kappa shape index (κ2) is 7.44. The van der Waals surface area contributed by atoms with E-state index >= 15 is 0 Å². The van der Waals surface area contributed by atoms with Crippen LogP contribution < -0.4 is 10.5 Å². The van der Waals surface area contributed by atoms with E-state index < -0.39 is 17.6 Å². The van der Waals surface area contributed by atoms with Gasteiger partial charge in [-0.1, -0.05) is 24.6 Å². The van der Waals surface area contributed by atoms with Gasteiger partial charge in [0.2, 0.25) is 0 Å². The molecule has 0 spiro atoms. The Hall–Kier alpha value is -2.80. The van der Waals surface area contributed by atoms with Gasteiger partial charge in [0, 0.05) is 18.8 Å². The third kappa shape index (κ3) is 3.98. The van der Waals surface area contributed by atoms with E-state index in [-0.39, 0.29) is 18.2 Å². The largest absolute Gasteiger partial charge is 0.483 e. The maximum absolute atomic E-state index is 12.1. The van der Waals surface area contributed by atoms with Crippen LogP contribution in [0.2, 0.25) is 5.02 Å². The molecule has 0 aliphatic carbocycles. The van der Waals surface area contributed by atoms with Crippen molar-refractivity contribution in [1.29, 1.82) is 0 Å². The second-order valence-corrected chi connectivity index (χ2v) is 6.90. The molecule has 1 unspecified atom stereocenters. The number of carbonyl (C=O) groups is 1. The first-order chi connectivity index (χ1) is 12.8. The van der Waals surface area contributed by atoms with Gasteiger partial charge in [0.1, 0.15) is 11.9 Å².